The van der Waals surface area contributed by atoms with Crippen LogP contribution in [0.1, 0.15) is 40.2 Å². The van der Waals surface area contributed by atoms with E-state index in [0.717, 1.165) is 9.13 Å². The second kappa shape index (κ2) is 11.3. The number of nitrogens with zero attached hydrogens (tertiary/aromatic N) is 4. The molecule has 0 saturated carbocycles. The Morgan fingerprint density at radius 1 is 0.659 bits per heavy atom. The van der Waals surface area contributed by atoms with E-state index in [1.54, 1.807) is 27.7 Å². The van der Waals surface area contributed by atoms with Gasteiger partial charge in [-0.15, -0.1) is 0 Å². The first-order chi connectivity index (χ1) is 20.8. The quantitative estimate of drug-likeness (QED) is 0.323. The molecule has 2 aromatic heterocycles. The van der Waals surface area contributed by atoms with E-state index in [-0.39, 0.29) is 26.3 Å². The molecule has 0 amide bonds. The molecule has 8 atom stereocenters. The average Bonchev–Trinajstić information content (AvgIpc) is 3.65. The summed E-state index contributed by atoms with van der Waals surface area (Å²) in [5.74, 6) is -1.89. The standard InChI is InChI=1S/C28H36N4O12/c1-27(2)41-19-15(13-33)39-23(21(19)43-27)31-11-7-17(35)29(25(31)37)9-5-6-10-30-18(36)8-12-32(26(30)38)24-22-20(16(14-34)40-24)42-28(3,4)44-22/h5-8,11-12,15-16,19-24,33-34H,9-10,13-14H2,1-4H3/b6-5+/t15-,16-,19-,20-,21-,22-,23-,24-/m1/s1. The largest absolute Gasteiger partial charge is 0.394 e. The monoisotopic (exact) mass is 620 g/mol. The molecule has 0 spiro atoms. The van der Waals surface area contributed by atoms with Gasteiger partial charge in [-0.2, -0.15) is 0 Å². The van der Waals surface area contributed by atoms with Crippen LogP contribution in [0.15, 0.2) is 55.9 Å². The van der Waals surface area contributed by atoms with Crippen LogP contribution >= 0.6 is 0 Å². The predicted octanol–water partition coefficient (Wildman–Crippen LogP) is -1.59. The number of aromatic nitrogens is 4. The van der Waals surface area contributed by atoms with E-state index in [2.05, 4.69) is 0 Å². The molecular formula is C28H36N4O12. The van der Waals surface area contributed by atoms with Gasteiger partial charge in [0.2, 0.25) is 0 Å². The first kappa shape index (κ1) is 30.8. The van der Waals surface area contributed by atoms with E-state index in [0.29, 0.717) is 0 Å². The summed E-state index contributed by atoms with van der Waals surface area (Å²) in [5.41, 5.74) is -2.49. The van der Waals surface area contributed by atoms with Gasteiger partial charge in [0.25, 0.3) is 11.1 Å². The molecule has 6 heterocycles. The van der Waals surface area contributed by atoms with E-state index in [4.69, 9.17) is 28.4 Å². The first-order valence-corrected chi connectivity index (χ1v) is 14.4. The topological polar surface area (TPSA) is 184 Å². The maximum absolute atomic E-state index is 13.4. The molecule has 0 unspecified atom stereocenters. The van der Waals surface area contributed by atoms with E-state index in [9.17, 15) is 29.4 Å². The van der Waals surface area contributed by atoms with Gasteiger partial charge in [0.05, 0.1) is 13.2 Å². The average molecular weight is 621 g/mol. The minimum Gasteiger partial charge on any atom is -0.394 e. The molecule has 240 valence electrons. The Hall–Kier alpha value is -3.22. The Bertz CT molecular complexity index is 1550. The fraction of sp³-hybridized carbons (Fsp3) is 0.643. The SMILES string of the molecule is CC1(C)O[C@@H]2[C@H](O1)[C@@H](CO)O[C@H]2n1ccc(=O)n(C/C=C/Cn2c(=O)ccn([C@@H]3O[C@H](CO)[C@H]4OC(C)(C)O[C@H]43)c2=O)c1=O. The summed E-state index contributed by atoms with van der Waals surface area (Å²) in [7, 11) is 0. The molecule has 4 saturated heterocycles. The van der Waals surface area contributed by atoms with Crippen molar-refractivity contribution in [2.24, 2.45) is 0 Å². The van der Waals surface area contributed by atoms with E-state index in [1.807, 2.05) is 0 Å². The Morgan fingerprint density at radius 2 is 1.02 bits per heavy atom. The third-order valence-corrected chi connectivity index (χ3v) is 8.09. The van der Waals surface area contributed by atoms with Crippen LogP contribution < -0.4 is 22.5 Å². The van der Waals surface area contributed by atoms with Gasteiger partial charge in [0.1, 0.15) is 36.6 Å². The Balaban J connectivity index is 1.20. The summed E-state index contributed by atoms with van der Waals surface area (Å²) < 4.78 is 39.7. The van der Waals surface area contributed by atoms with Crippen molar-refractivity contribution >= 4 is 0 Å². The smallest absolute Gasteiger partial charge is 0.333 e. The van der Waals surface area contributed by atoms with Crippen LogP contribution in [-0.4, -0.2) is 89.9 Å². The minimum atomic E-state index is -0.944. The molecule has 4 aliphatic rings. The fourth-order valence-corrected chi connectivity index (χ4v) is 6.21. The second-order valence-electron chi connectivity index (χ2n) is 12.0. The van der Waals surface area contributed by atoms with Crippen molar-refractivity contribution in [2.75, 3.05) is 13.2 Å². The number of fused-ring (bicyclic) bond motifs is 2. The molecule has 2 N–H and O–H groups in total. The lowest BCUT2D eigenvalue weighted by Gasteiger charge is -2.24. The van der Waals surface area contributed by atoms with Gasteiger partial charge < -0.3 is 38.6 Å². The lowest BCUT2D eigenvalue weighted by atomic mass is 10.1. The van der Waals surface area contributed by atoms with Crippen molar-refractivity contribution in [3.8, 4) is 0 Å². The van der Waals surface area contributed by atoms with Crippen LogP contribution in [0.4, 0.5) is 0 Å². The summed E-state index contributed by atoms with van der Waals surface area (Å²) in [6.07, 6.45) is -0.299. The van der Waals surface area contributed by atoms with Crippen LogP contribution in [0.2, 0.25) is 0 Å². The highest BCUT2D eigenvalue weighted by Crippen LogP contribution is 2.43. The van der Waals surface area contributed by atoms with E-state index < -0.39 is 83.2 Å². The predicted molar refractivity (Wildman–Crippen MR) is 149 cm³/mol. The highest BCUT2D eigenvalue weighted by molar-refractivity contribution is 5.02. The third kappa shape index (κ3) is 5.34. The maximum atomic E-state index is 13.4. The molecule has 16 nitrogen and oxygen atoms in total. The third-order valence-electron chi connectivity index (χ3n) is 8.09. The number of allylic oxidation sites excluding steroid dienone is 2. The van der Waals surface area contributed by atoms with Crippen molar-refractivity contribution < 1.29 is 38.6 Å². The number of ether oxygens (including phenoxy) is 6. The summed E-state index contributed by atoms with van der Waals surface area (Å²) in [6.45, 7) is 5.88. The van der Waals surface area contributed by atoms with Crippen molar-refractivity contribution in [1.29, 1.82) is 0 Å². The highest BCUT2D eigenvalue weighted by atomic mass is 16.8. The first-order valence-electron chi connectivity index (χ1n) is 14.4. The summed E-state index contributed by atoms with van der Waals surface area (Å²) in [5, 5.41) is 19.5. The molecule has 2 aromatic rings. The van der Waals surface area contributed by atoms with Gasteiger partial charge >= 0.3 is 11.4 Å². The number of aliphatic hydroxyl groups is 2. The highest BCUT2D eigenvalue weighted by Gasteiger charge is 2.57. The van der Waals surface area contributed by atoms with Gasteiger partial charge in [0, 0.05) is 37.6 Å². The minimum absolute atomic E-state index is 0.157. The van der Waals surface area contributed by atoms with Crippen molar-refractivity contribution in [2.45, 2.75) is 101 Å². The van der Waals surface area contributed by atoms with Crippen molar-refractivity contribution in [3.63, 3.8) is 0 Å². The molecule has 0 radical (unpaired) electrons. The molecule has 16 heteroatoms. The number of hydrogen-bond acceptors (Lipinski definition) is 12. The lowest BCUT2D eigenvalue weighted by molar-refractivity contribution is -0.201. The molecule has 6 rings (SSSR count). The molecule has 4 aliphatic heterocycles. The Kier molecular flexibility index (Phi) is 7.90. The number of hydrogen-bond donors (Lipinski definition) is 2. The van der Waals surface area contributed by atoms with Crippen LogP contribution in [0.5, 0.6) is 0 Å². The van der Waals surface area contributed by atoms with Crippen molar-refractivity contribution in [3.05, 3.63) is 78.4 Å². The molecule has 4 fully saturated rings. The molecule has 0 bridgehead atoms. The zero-order chi connectivity index (χ0) is 31.6. The number of aliphatic hydroxyl groups excluding tert-OH is 2. The zero-order valence-electron chi connectivity index (χ0n) is 24.7. The summed E-state index contributed by atoms with van der Waals surface area (Å²) >= 11 is 0. The van der Waals surface area contributed by atoms with Gasteiger partial charge in [-0.1, -0.05) is 12.2 Å². The van der Waals surface area contributed by atoms with E-state index >= 15 is 0 Å². The normalized spacial score (nSPS) is 33.7. The van der Waals surface area contributed by atoms with E-state index in [1.165, 1.54) is 45.8 Å². The molecular weight excluding hydrogens is 584 g/mol. The van der Waals surface area contributed by atoms with Crippen LogP contribution in [0.25, 0.3) is 0 Å². The zero-order valence-corrected chi connectivity index (χ0v) is 24.7. The van der Waals surface area contributed by atoms with Gasteiger partial charge in [0.15, 0.2) is 24.0 Å². The van der Waals surface area contributed by atoms with Gasteiger partial charge in [-0.25, -0.2) is 9.59 Å². The molecule has 0 aromatic carbocycles. The molecule has 44 heavy (non-hydrogen) atoms. The number of rotatable bonds is 8. The second-order valence-corrected chi connectivity index (χ2v) is 12.0. The van der Waals surface area contributed by atoms with Crippen molar-refractivity contribution in [1.82, 2.24) is 18.3 Å². The maximum Gasteiger partial charge on any atom is 0.333 e. The Morgan fingerprint density at radius 3 is 1.39 bits per heavy atom. The summed E-state index contributed by atoms with van der Waals surface area (Å²) in [6, 6.07) is 2.43. The summed E-state index contributed by atoms with van der Waals surface area (Å²) in [4.78, 5) is 52.0. The molecule has 0 aliphatic carbocycles. The van der Waals surface area contributed by atoms with Crippen LogP contribution in [0.3, 0.4) is 0 Å². The Labute approximate surface area is 250 Å². The fourth-order valence-electron chi connectivity index (χ4n) is 6.21. The lowest BCUT2D eigenvalue weighted by Crippen LogP contribution is -2.43. The van der Waals surface area contributed by atoms with Gasteiger partial charge in [-0.05, 0) is 27.7 Å². The van der Waals surface area contributed by atoms with Crippen LogP contribution in [-0.2, 0) is 41.5 Å². The van der Waals surface area contributed by atoms with Crippen LogP contribution in [0, 0.1) is 0 Å². The van der Waals surface area contributed by atoms with Gasteiger partial charge in [-0.3, -0.25) is 27.9 Å².